The van der Waals surface area contributed by atoms with Crippen LogP contribution in [-0.2, 0) is 20.7 Å². The van der Waals surface area contributed by atoms with Crippen molar-refractivity contribution >= 4 is 46.5 Å². The first-order valence-corrected chi connectivity index (χ1v) is 11.4. The number of rotatable bonds is 11. The molecule has 2 aromatic rings. The third kappa shape index (κ3) is 8.43. The van der Waals surface area contributed by atoms with Crippen LogP contribution in [0.25, 0.3) is 0 Å². The summed E-state index contributed by atoms with van der Waals surface area (Å²) in [6, 6.07) is 8.95. The average molecular weight is 479 g/mol. The molecule has 0 radical (unpaired) electrons. The van der Waals surface area contributed by atoms with Crippen LogP contribution < -0.4 is 10.6 Å². The molecule has 1 heterocycles. The SMILES string of the molecule is CC(=O)NCCc1ccc(C(=O)COC(=O)C(CC(C)C)NC(=O)c2ccc(Cl)cc2)s1. The summed E-state index contributed by atoms with van der Waals surface area (Å²) in [6.07, 6.45) is 0.989. The van der Waals surface area contributed by atoms with Gasteiger partial charge in [0.15, 0.2) is 6.61 Å². The molecular weight excluding hydrogens is 452 g/mol. The van der Waals surface area contributed by atoms with Crippen molar-refractivity contribution in [3.05, 3.63) is 56.7 Å². The first-order chi connectivity index (χ1) is 15.2. The maximum atomic E-state index is 12.6. The predicted molar refractivity (Wildman–Crippen MR) is 124 cm³/mol. The van der Waals surface area contributed by atoms with E-state index in [1.165, 1.54) is 18.3 Å². The molecule has 1 aromatic heterocycles. The molecule has 1 aromatic carbocycles. The Morgan fingerprint density at radius 3 is 2.38 bits per heavy atom. The minimum Gasteiger partial charge on any atom is -0.456 e. The molecule has 2 rings (SSSR count). The van der Waals surface area contributed by atoms with Gasteiger partial charge in [-0.05, 0) is 55.2 Å². The van der Waals surface area contributed by atoms with E-state index in [2.05, 4.69) is 10.6 Å². The van der Waals surface area contributed by atoms with E-state index >= 15 is 0 Å². The number of halogens is 1. The quantitative estimate of drug-likeness (QED) is 0.379. The zero-order valence-electron chi connectivity index (χ0n) is 18.3. The summed E-state index contributed by atoms with van der Waals surface area (Å²) in [5.41, 5.74) is 0.373. The lowest BCUT2D eigenvalue weighted by atomic mass is 10.0. The fraction of sp³-hybridized carbons (Fsp3) is 0.391. The number of benzene rings is 1. The summed E-state index contributed by atoms with van der Waals surface area (Å²) in [6.45, 7) is 5.38. The first-order valence-electron chi connectivity index (χ1n) is 10.2. The van der Waals surface area contributed by atoms with Crippen LogP contribution >= 0.6 is 22.9 Å². The molecule has 0 aliphatic carbocycles. The summed E-state index contributed by atoms with van der Waals surface area (Å²) >= 11 is 7.15. The lowest BCUT2D eigenvalue weighted by Gasteiger charge is -2.19. The highest BCUT2D eigenvalue weighted by atomic mass is 35.5. The molecule has 0 aliphatic rings. The molecule has 172 valence electrons. The fourth-order valence-corrected chi connectivity index (χ4v) is 3.92. The lowest BCUT2D eigenvalue weighted by Crippen LogP contribution is -2.43. The predicted octanol–water partition coefficient (Wildman–Crippen LogP) is 3.65. The van der Waals surface area contributed by atoms with Crippen LogP contribution in [-0.4, -0.2) is 42.8 Å². The van der Waals surface area contributed by atoms with E-state index in [9.17, 15) is 19.2 Å². The second kappa shape index (κ2) is 12.4. The maximum Gasteiger partial charge on any atom is 0.329 e. The standard InChI is InChI=1S/C23H27ClN2O5S/c1-14(2)12-19(26-22(29)16-4-6-17(24)7-5-16)23(30)31-13-20(28)21-9-8-18(32-21)10-11-25-15(3)27/h4-9,14,19H,10-13H2,1-3H3,(H,25,27)(H,26,29). The van der Waals surface area contributed by atoms with E-state index < -0.39 is 24.5 Å². The Balaban J connectivity index is 1.92. The highest BCUT2D eigenvalue weighted by molar-refractivity contribution is 7.14. The number of carbonyl (C=O) groups is 4. The number of esters is 1. The molecule has 2 amide bonds. The Bertz CT molecular complexity index is 956. The number of Topliss-reactive ketones (excluding diaryl/α,β-unsaturated/α-hetero) is 1. The molecule has 32 heavy (non-hydrogen) atoms. The third-order valence-electron chi connectivity index (χ3n) is 4.43. The molecule has 0 saturated heterocycles. The van der Waals surface area contributed by atoms with E-state index in [4.69, 9.17) is 16.3 Å². The van der Waals surface area contributed by atoms with Gasteiger partial charge in [0.25, 0.3) is 5.91 Å². The molecule has 0 spiro atoms. The third-order valence-corrected chi connectivity index (χ3v) is 5.87. The van der Waals surface area contributed by atoms with Crippen LogP contribution in [0.15, 0.2) is 36.4 Å². The normalized spacial score (nSPS) is 11.7. The lowest BCUT2D eigenvalue weighted by molar-refractivity contribution is -0.145. The highest BCUT2D eigenvalue weighted by Gasteiger charge is 2.25. The van der Waals surface area contributed by atoms with Crippen LogP contribution in [0.1, 0.15) is 52.1 Å². The number of ketones is 1. The molecule has 0 bridgehead atoms. The van der Waals surface area contributed by atoms with Crippen molar-refractivity contribution in [3.8, 4) is 0 Å². The number of thiophene rings is 1. The smallest absolute Gasteiger partial charge is 0.329 e. The van der Waals surface area contributed by atoms with Crippen molar-refractivity contribution in [2.24, 2.45) is 5.92 Å². The molecule has 9 heteroatoms. The van der Waals surface area contributed by atoms with Gasteiger partial charge in [0.1, 0.15) is 6.04 Å². The Morgan fingerprint density at radius 2 is 1.75 bits per heavy atom. The van der Waals surface area contributed by atoms with Crippen LogP contribution in [0.4, 0.5) is 0 Å². The average Bonchev–Trinajstić information content (AvgIpc) is 3.20. The van der Waals surface area contributed by atoms with Gasteiger partial charge >= 0.3 is 5.97 Å². The highest BCUT2D eigenvalue weighted by Crippen LogP contribution is 2.18. The van der Waals surface area contributed by atoms with E-state index in [1.54, 1.807) is 30.3 Å². The Kier molecular flexibility index (Phi) is 9.87. The van der Waals surface area contributed by atoms with E-state index in [1.807, 2.05) is 19.9 Å². The van der Waals surface area contributed by atoms with Gasteiger partial charge in [0.05, 0.1) is 4.88 Å². The van der Waals surface area contributed by atoms with Gasteiger partial charge in [-0.1, -0.05) is 25.4 Å². The van der Waals surface area contributed by atoms with Gasteiger partial charge in [-0.25, -0.2) is 4.79 Å². The molecule has 0 saturated carbocycles. The molecule has 0 fully saturated rings. The van der Waals surface area contributed by atoms with E-state index in [0.717, 1.165) is 4.88 Å². The summed E-state index contributed by atoms with van der Waals surface area (Å²) in [5.74, 6) is -1.38. The summed E-state index contributed by atoms with van der Waals surface area (Å²) in [4.78, 5) is 49.9. The van der Waals surface area contributed by atoms with Crippen LogP contribution in [0.3, 0.4) is 0 Å². The Morgan fingerprint density at radius 1 is 1.06 bits per heavy atom. The van der Waals surface area contributed by atoms with Crippen molar-refractivity contribution in [2.45, 2.75) is 39.7 Å². The molecule has 7 nitrogen and oxygen atoms in total. The van der Waals surface area contributed by atoms with Crippen molar-refractivity contribution in [1.29, 1.82) is 0 Å². The summed E-state index contributed by atoms with van der Waals surface area (Å²) in [7, 11) is 0. The number of hydrogen-bond donors (Lipinski definition) is 2. The van der Waals surface area contributed by atoms with Gasteiger partial charge in [0, 0.05) is 28.9 Å². The Hall–Kier alpha value is -2.71. The topological polar surface area (TPSA) is 102 Å². The molecule has 2 N–H and O–H groups in total. The zero-order chi connectivity index (χ0) is 23.7. The second-order valence-electron chi connectivity index (χ2n) is 7.69. The van der Waals surface area contributed by atoms with Gasteiger partial charge in [-0.2, -0.15) is 0 Å². The van der Waals surface area contributed by atoms with Gasteiger partial charge in [0.2, 0.25) is 11.7 Å². The molecule has 0 aliphatic heterocycles. The fourth-order valence-electron chi connectivity index (χ4n) is 2.86. The van der Waals surface area contributed by atoms with Crippen molar-refractivity contribution < 1.29 is 23.9 Å². The largest absolute Gasteiger partial charge is 0.456 e. The van der Waals surface area contributed by atoms with Gasteiger partial charge in [-0.15, -0.1) is 11.3 Å². The molecule has 1 unspecified atom stereocenters. The molecule has 1 atom stereocenters. The monoisotopic (exact) mass is 478 g/mol. The van der Waals surface area contributed by atoms with Crippen LogP contribution in [0.5, 0.6) is 0 Å². The first kappa shape index (κ1) is 25.5. The Labute approximate surface area is 196 Å². The van der Waals surface area contributed by atoms with Gasteiger partial charge in [-0.3, -0.25) is 14.4 Å². The number of carbonyl (C=O) groups excluding carboxylic acids is 4. The minimum atomic E-state index is -0.873. The van der Waals surface area contributed by atoms with E-state index in [0.29, 0.717) is 34.8 Å². The van der Waals surface area contributed by atoms with Crippen molar-refractivity contribution in [3.63, 3.8) is 0 Å². The minimum absolute atomic E-state index is 0.108. The number of hydrogen-bond acceptors (Lipinski definition) is 6. The second-order valence-corrected chi connectivity index (χ2v) is 9.30. The van der Waals surface area contributed by atoms with Crippen LogP contribution in [0, 0.1) is 5.92 Å². The number of nitrogens with one attached hydrogen (secondary N) is 2. The van der Waals surface area contributed by atoms with Crippen LogP contribution in [0.2, 0.25) is 5.02 Å². The molecular formula is C23H27ClN2O5S. The number of amides is 2. The van der Waals surface area contributed by atoms with Crippen molar-refractivity contribution in [2.75, 3.05) is 13.2 Å². The zero-order valence-corrected chi connectivity index (χ0v) is 19.8. The summed E-state index contributed by atoms with van der Waals surface area (Å²) in [5, 5.41) is 5.89. The maximum absolute atomic E-state index is 12.6. The summed E-state index contributed by atoms with van der Waals surface area (Å²) < 4.78 is 5.22. The van der Waals surface area contributed by atoms with E-state index in [-0.39, 0.29) is 17.6 Å². The number of ether oxygens (including phenoxy) is 1. The van der Waals surface area contributed by atoms with Crippen molar-refractivity contribution in [1.82, 2.24) is 10.6 Å². The van der Waals surface area contributed by atoms with Gasteiger partial charge < -0.3 is 15.4 Å².